The van der Waals surface area contributed by atoms with Gasteiger partial charge >= 0.3 is 5.97 Å². The highest BCUT2D eigenvalue weighted by atomic mass is 16.5. The van der Waals surface area contributed by atoms with Crippen LogP contribution in [-0.2, 0) is 11.3 Å². The molecule has 2 aromatic rings. The molecule has 1 aromatic carbocycles. The maximum absolute atomic E-state index is 11.9. The van der Waals surface area contributed by atoms with Crippen LogP contribution in [0, 0.1) is 6.92 Å². The SMILES string of the molecule is CCNc1nn(Cc2cccc(C)c2)c(N)c1C(=O)OC. The quantitative estimate of drug-likeness (QED) is 0.823. The molecule has 6 nitrogen and oxygen atoms in total. The van der Waals surface area contributed by atoms with Crippen LogP contribution in [0.25, 0.3) is 0 Å². The number of nitrogens with one attached hydrogen (secondary N) is 1. The number of hydrogen-bond donors (Lipinski definition) is 2. The van der Waals surface area contributed by atoms with E-state index >= 15 is 0 Å². The zero-order valence-corrected chi connectivity index (χ0v) is 12.5. The number of nitrogens with two attached hydrogens (primary N) is 1. The third kappa shape index (κ3) is 3.16. The molecule has 3 N–H and O–H groups in total. The van der Waals surface area contributed by atoms with Gasteiger partial charge in [-0.1, -0.05) is 29.8 Å². The van der Waals surface area contributed by atoms with Crippen LogP contribution in [0.1, 0.15) is 28.4 Å². The molecule has 0 atom stereocenters. The zero-order chi connectivity index (χ0) is 15.4. The number of nitrogens with zero attached hydrogens (tertiary/aromatic N) is 2. The minimum absolute atomic E-state index is 0.284. The largest absolute Gasteiger partial charge is 0.465 e. The number of rotatable bonds is 5. The highest BCUT2D eigenvalue weighted by Crippen LogP contribution is 2.23. The Morgan fingerprint density at radius 2 is 2.24 bits per heavy atom. The van der Waals surface area contributed by atoms with Crippen LogP contribution >= 0.6 is 0 Å². The molecule has 6 heteroatoms. The first-order valence-corrected chi connectivity index (χ1v) is 6.80. The van der Waals surface area contributed by atoms with Crippen LogP contribution in [0.15, 0.2) is 24.3 Å². The summed E-state index contributed by atoms with van der Waals surface area (Å²) >= 11 is 0. The summed E-state index contributed by atoms with van der Waals surface area (Å²) in [6.07, 6.45) is 0. The molecule has 0 amide bonds. The number of ether oxygens (including phenoxy) is 1. The van der Waals surface area contributed by atoms with Crippen molar-refractivity contribution in [1.29, 1.82) is 0 Å². The molecule has 0 aliphatic rings. The van der Waals surface area contributed by atoms with E-state index in [4.69, 9.17) is 10.5 Å². The van der Waals surface area contributed by atoms with Crippen LogP contribution < -0.4 is 11.1 Å². The fourth-order valence-electron chi connectivity index (χ4n) is 2.17. The van der Waals surface area contributed by atoms with E-state index < -0.39 is 5.97 Å². The third-order valence-electron chi connectivity index (χ3n) is 3.14. The summed E-state index contributed by atoms with van der Waals surface area (Å²) in [5, 5.41) is 7.41. The van der Waals surface area contributed by atoms with Gasteiger partial charge in [0, 0.05) is 6.54 Å². The van der Waals surface area contributed by atoms with Gasteiger partial charge in [-0.15, -0.1) is 0 Å². The Balaban J connectivity index is 2.38. The molecule has 0 unspecified atom stereocenters. The lowest BCUT2D eigenvalue weighted by molar-refractivity contribution is 0.0603. The molecule has 1 aromatic heterocycles. The van der Waals surface area contributed by atoms with Crippen LogP contribution in [0.3, 0.4) is 0 Å². The van der Waals surface area contributed by atoms with Crippen LogP contribution in [0.4, 0.5) is 11.6 Å². The lowest BCUT2D eigenvalue weighted by Gasteiger charge is -2.05. The summed E-state index contributed by atoms with van der Waals surface area (Å²) in [6.45, 7) is 5.10. The second kappa shape index (κ2) is 6.30. The molecule has 21 heavy (non-hydrogen) atoms. The van der Waals surface area contributed by atoms with Crippen LogP contribution in [0.5, 0.6) is 0 Å². The molecule has 112 valence electrons. The minimum atomic E-state index is -0.487. The predicted molar refractivity (Wildman–Crippen MR) is 82.4 cm³/mol. The molecule has 0 aliphatic heterocycles. The number of anilines is 2. The summed E-state index contributed by atoms with van der Waals surface area (Å²) in [4.78, 5) is 11.9. The smallest absolute Gasteiger partial charge is 0.345 e. The van der Waals surface area contributed by atoms with E-state index in [2.05, 4.69) is 16.5 Å². The van der Waals surface area contributed by atoms with Crippen molar-refractivity contribution < 1.29 is 9.53 Å². The van der Waals surface area contributed by atoms with Gasteiger partial charge in [0.25, 0.3) is 0 Å². The standard InChI is InChI=1S/C15H20N4O2/c1-4-17-14-12(15(20)21-3)13(16)19(18-14)9-11-7-5-6-10(2)8-11/h5-8H,4,9,16H2,1-3H3,(H,17,18). The molecular weight excluding hydrogens is 268 g/mol. The van der Waals surface area contributed by atoms with Crippen molar-refractivity contribution in [2.24, 2.45) is 0 Å². The van der Waals surface area contributed by atoms with Crippen molar-refractivity contribution in [3.05, 3.63) is 41.0 Å². The highest BCUT2D eigenvalue weighted by Gasteiger charge is 2.22. The average Bonchev–Trinajstić information content (AvgIpc) is 2.75. The number of aryl methyl sites for hydroxylation is 1. The normalized spacial score (nSPS) is 10.4. The Labute approximate surface area is 123 Å². The number of aromatic nitrogens is 2. The molecule has 0 fully saturated rings. The lowest BCUT2D eigenvalue weighted by atomic mass is 10.1. The van der Waals surface area contributed by atoms with E-state index in [0.717, 1.165) is 5.56 Å². The van der Waals surface area contributed by atoms with E-state index in [9.17, 15) is 4.79 Å². The van der Waals surface area contributed by atoms with Crippen LogP contribution in [0.2, 0.25) is 0 Å². The van der Waals surface area contributed by atoms with E-state index in [1.54, 1.807) is 4.68 Å². The van der Waals surface area contributed by atoms with Gasteiger partial charge in [0.05, 0.1) is 13.7 Å². The molecule has 0 saturated heterocycles. The van der Waals surface area contributed by atoms with E-state index in [-0.39, 0.29) is 5.56 Å². The Bertz CT molecular complexity index is 649. The van der Waals surface area contributed by atoms with E-state index in [1.807, 2.05) is 32.0 Å². The summed E-state index contributed by atoms with van der Waals surface area (Å²) in [6, 6.07) is 8.07. The Hall–Kier alpha value is -2.50. The summed E-state index contributed by atoms with van der Waals surface area (Å²) < 4.78 is 6.38. The Morgan fingerprint density at radius 3 is 2.86 bits per heavy atom. The molecule has 0 spiro atoms. The van der Waals surface area contributed by atoms with Crippen LogP contribution in [-0.4, -0.2) is 29.4 Å². The Kier molecular flexibility index (Phi) is 4.47. The van der Waals surface area contributed by atoms with Gasteiger partial charge in [0.1, 0.15) is 11.4 Å². The number of carbonyl (C=O) groups is 1. The highest BCUT2D eigenvalue weighted by molar-refractivity contribution is 5.99. The first-order valence-electron chi connectivity index (χ1n) is 6.80. The predicted octanol–water partition coefficient (Wildman–Crippen LogP) is 2.04. The van der Waals surface area contributed by atoms with Gasteiger partial charge in [-0.25, -0.2) is 9.48 Å². The topological polar surface area (TPSA) is 82.2 Å². The second-order valence-electron chi connectivity index (χ2n) is 4.78. The van der Waals surface area contributed by atoms with Crippen molar-refractivity contribution in [2.45, 2.75) is 20.4 Å². The van der Waals surface area contributed by atoms with Crippen molar-refractivity contribution in [2.75, 3.05) is 24.7 Å². The first kappa shape index (κ1) is 14.9. The maximum Gasteiger partial charge on any atom is 0.345 e. The number of benzene rings is 1. The molecule has 0 radical (unpaired) electrons. The van der Waals surface area contributed by atoms with Crippen molar-refractivity contribution in [3.8, 4) is 0 Å². The molecular formula is C15H20N4O2. The summed E-state index contributed by atoms with van der Waals surface area (Å²) in [5.74, 6) is 0.271. The first-order chi connectivity index (χ1) is 10.1. The van der Waals surface area contributed by atoms with Crippen molar-refractivity contribution in [1.82, 2.24) is 9.78 Å². The fourth-order valence-corrected chi connectivity index (χ4v) is 2.17. The second-order valence-corrected chi connectivity index (χ2v) is 4.78. The van der Waals surface area contributed by atoms with Gasteiger partial charge in [0.2, 0.25) is 0 Å². The zero-order valence-electron chi connectivity index (χ0n) is 12.5. The van der Waals surface area contributed by atoms with Gasteiger partial charge in [-0.3, -0.25) is 0 Å². The number of carbonyl (C=O) groups excluding carboxylic acids is 1. The molecule has 0 bridgehead atoms. The van der Waals surface area contributed by atoms with Gasteiger partial charge in [0.15, 0.2) is 5.82 Å². The monoisotopic (exact) mass is 288 g/mol. The average molecular weight is 288 g/mol. The number of nitrogen functional groups attached to an aromatic ring is 1. The molecule has 0 saturated carbocycles. The molecule has 1 heterocycles. The van der Waals surface area contributed by atoms with Gasteiger partial charge < -0.3 is 15.8 Å². The van der Waals surface area contributed by atoms with E-state index in [0.29, 0.717) is 24.7 Å². The number of hydrogen-bond acceptors (Lipinski definition) is 5. The third-order valence-corrected chi connectivity index (χ3v) is 3.14. The molecule has 0 aliphatic carbocycles. The van der Waals surface area contributed by atoms with E-state index in [1.165, 1.54) is 12.7 Å². The van der Waals surface area contributed by atoms with Crippen molar-refractivity contribution >= 4 is 17.6 Å². The van der Waals surface area contributed by atoms with Crippen molar-refractivity contribution in [3.63, 3.8) is 0 Å². The summed E-state index contributed by atoms with van der Waals surface area (Å²) in [5.41, 5.74) is 8.58. The molecule has 2 rings (SSSR count). The van der Waals surface area contributed by atoms with Gasteiger partial charge in [-0.05, 0) is 19.4 Å². The number of esters is 1. The number of methoxy groups -OCH3 is 1. The Morgan fingerprint density at radius 1 is 1.48 bits per heavy atom. The fraction of sp³-hybridized carbons (Fsp3) is 0.333. The van der Waals surface area contributed by atoms with Gasteiger partial charge in [-0.2, -0.15) is 5.10 Å². The summed E-state index contributed by atoms with van der Waals surface area (Å²) in [7, 11) is 1.33. The minimum Gasteiger partial charge on any atom is -0.465 e. The lowest BCUT2D eigenvalue weighted by Crippen LogP contribution is -2.10. The maximum atomic E-state index is 11.9.